The van der Waals surface area contributed by atoms with Gasteiger partial charge < -0.3 is 20.6 Å². The minimum Gasteiger partial charge on any atom is -0.465 e. The number of nitrogen functional groups attached to an aromatic ring is 1. The van der Waals surface area contributed by atoms with Gasteiger partial charge in [0.25, 0.3) is 0 Å². The van der Waals surface area contributed by atoms with Crippen LogP contribution in [0.25, 0.3) is 0 Å². The summed E-state index contributed by atoms with van der Waals surface area (Å²) in [6.07, 6.45) is 0.756. The molecule has 0 aliphatic carbocycles. The third-order valence-electron chi connectivity index (χ3n) is 2.97. The number of hydrogen-bond donors (Lipinski definition) is 2. The second-order valence-electron chi connectivity index (χ2n) is 4.22. The first kappa shape index (κ1) is 11.5. The molecule has 6 nitrogen and oxygen atoms in total. The van der Waals surface area contributed by atoms with E-state index in [1.54, 1.807) is 12.3 Å². The molecule has 1 atom stereocenters. The summed E-state index contributed by atoms with van der Waals surface area (Å²) < 4.78 is 0. The van der Waals surface area contributed by atoms with Crippen LogP contribution in [0.5, 0.6) is 0 Å². The summed E-state index contributed by atoms with van der Waals surface area (Å²) in [4.78, 5) is 18.7. The summed E-state index contributed by atoms with van der Waals surface area (Å²) in [6.45, 7) is 3.72. The molecule has 2 heterocycles. The Kier molecular flexibility index (Phi) is 3.03. The summed E-state index contributed by atoms with van der Waals surface area (Å²) in [5.41, 5.74) is 6.21. The van der Waals surface area contributed by atoms with Crippen molar-refractivity contribution < 1.29 is 9.90 Å². The highest BCUT2D eigenvalue weighted by molar-refractivity contribution is 5.66. The van der Waals surface area contributed by atoms with E-state index in [-0.39, 0.29) is 6.04 Å². The molecule has 1 aromatic rings. The summed E-state index contributed by atoms with van der Waals surface area (Å²) in [5.74, 6) is 0.844. The zero-order valence-electron chi connectivity index (χ0n) is 9.71. The minimum absolute atomic E-state index is 0.0272. The van der Waals surface area contributed by atoms with E-state index in [2.05, 4.69) is 9.88 Å². The van der Waals surface area contributed by atoms with Crippen LogP contribution in [-0.2, 0) is 0 Å². The Bertz CT molecular complexity index is 406. The lowest BCUT2D eigenvalue weighted by atomic mass is 10.2. The molecule has 17 heavy (non-hydrogen) atoms. The fraction of sp³-hybridized carbons (Fsp3) is 0.455. The van der Waals surface area contributed by atoms with Gasteiger partial charge >= 0.3 is 6.09 Å². The lowest BCUT2D eigenvalue weighted by Crippen LogP contribution is -2.53. The Morgan fingerprint density at radius 1 is 1.53 bits per heavy atom. The Morgan fingerprint density at radius 2 is 2.29 bits per heavy atom. The van der Waals surface area contributed by atoms with E-state index in [1.165, 1.54) is 4.90 Å². The van der Waals surface area contributed by atoms with Crippen molar-refractivity contribution in [2.24, 2.45) is 0 Å². The molecule has 0 spiro atoms. The third kappa shape index (κ3) is 2.41. The van der Waals surface area contributed by atoms with Crippen LogP contribution < -0.4 is 10.6 Å². The number of amides is 1. The van der Waals surface area contributed by atoms with Crippen molar-refractivity contribution in [1.29, 1.82) is 0 Å². The second-order valence-corrected chi connectivity index (χ2v) is 4.22. The fourth-order valence-corrected chi connectivity index (χ4v) is 2.03. The van der Waals surface area contributed by atoms with Crippen molar-refractivity contribution in [3.8, 4) is 0 Å². The van der Waals surface area contributed by atoms with Gasteiger partial charge in [0, 0.05) is 25.7 Å². The minimum atomic E-state index is -0.859. The number of carboxylic acid groups (broad SMARTS) is 1. The summed E-state index contributed by atoms with van der Waals surface area (Å²) in [7, 11) is 0. The van der Waals surface area contributed by atoms with E-state index >= 15 is 0 Å². The number of aromatic nitrogens is 1. The molecule has 92 valence electrons. The topological polar surface area (TPSA) is 82.7 Å². The highest BCUT2D eigenvalue weighted by Crippen LogP contribution is 2.17. The van der Waals surface area contributed by atoms with Gasteiger partial charge in [-0.25, -0.2) is 9.78 Å². The molecule has 6 heteroatoms. The van der Waals surface area contributed by atoms with E-state index < -0.39 is 6.09 Å². The SMILES string of the molecule is CC1CN(c2ccc(N)cn2)CCN1C(=O)O. The zero-order valence-corrected chi connectivity index (χ0v) is 9.71. The van der Waals surface area contributed by atoms with Gasteiger partial charge in [0.15, 0.2) is 0 Å². The number of piperazine rings is 1. The number of carbonyl (C=O) groups is 1. The molecule has 0 saturated carbocycles. The number of pyridine rings is 1. The van der Waals surface area contributed by atoms with Crippen LogP contribution in [0.2, 0.25) is 0 Å². The monoisotopic (exact) mass is 236 g/mol. The molecule has 0 bridgehead atoms. The van der Waals surface area contributed by atoms with E-state index in [0.29, 0.717) is 25.3 Å². The molecule has 2 rings (SSSR count). The molecule has 1 fully saturated rings. The summed E-state index contributed by atoms with van der Waals surface area (Å²) in [5, 5.41) is 8.98. The maximum Gasteiger partial charge on any atom is 0.407 e. The molecule has 0 radical (unpaired) electrons. The molecule has 1 aliphatic rings. The molecule has 1 saturated heterocycles. The molecule has 1 unspecified atom stereocenters. The molecular weight excluding hydrogens is 220 g/mol. The molecule has 3 N–H and O–H groups in total. The lowest BCUT2D eigenvalue weighted by molar-refractivity contribution is 0.122. The van der Waals surface area contributed by atoms with Crippen LogP contribution in [0.4, 0.5) is 16.3 Å². The van der Waals surface area contributed by atoms with Gasteiger partial charge in [0.1, 0.15) is 5.82 Å². The normalized spacial score (nSPS) is 20.4. The third-order valence-corrected chi connectivity index (χ3v) is 2.97. The van der Waals surface area contributed by atoms with Gasteiger partial charge in [-0.15, -0.1) is 0 Å². The van der Waals surface area contributed by atoms with Gasteiger partial charge in [-0.05, 0) is 19.1 Å². The molecule has 1 aromatic heterocycles. The average Bonchev–Trinajstić information content (AvgIpc) is 2.29. The summed E-state index contributed by atoms with van der Waals surface area (Å²) >= 11 is 0. The predicted molar refractivity (Wildman–Crippen MR) is 65.1 cm³/mol. The standard InChI is InChI=1S/C11H16N4O2/c1-8-7-14(4-5-15(8)11(16)17)10-3-2-9(12)6-13-10/h2-3,6,8H,4-5,7,12H2,1H3,(H,16,17). The highest BCUT2D eigenvalue weighted by atomic mass is 16.4. The van der Waals surface area contributed by atoms with Gasteiger partial charge in [-0.1, -0.05) is 0 Å². The zero-order chi connectivity index (χ0) is 12.4. The van der Waals surface area contributed by atoms with Crippen LogP contribution in [0, 0.1) is 0 Å². The number of anilines is 2. The molecule has 1 aliphatic heterocycles. The van der Waals surface area contributed by atoms with Gasteiger partial charge in [-0.3, -0.25) is 0 Å². The average molecular weight is 236 g/mol. The van der Waals surface area contributed by atoms with Crippen molar-refractivity contribution in [1.82, 2.24) is 9.88 Å². The van der Waals surface area contributed by atoms with Crippen molar-refractivity contribution in [2.75, 3.05) is 30.3 Å². The van der Waals surface area contributed by atoms with Gasteiger partial charge in [-0.2, -0.15) is 0 Å². The Labute approximate surface area is 99.7 Å². The summed E-state index contributed by atoms with van der Waals surface area (Å²) in [6, 6.07) is 3.63. The lowest BCUT2D eigenvalue weighted by Gasteiger charge is -2.38. The fourth-order valence-electron chi connectivity index (χ4n) is 2.03. The van der Waals surface area contributed by atoms with Crippen LogP contribution in [0.1, 0.15) is 6.92 Å². The second kappa shape index (κ2) is 4.48. The van der Waals surface area contributed by atoms with Crippen LogP contribution in [-0.4, -0.2) is 46.8 Å². The van der Waals surface area contributed by atoms with E-state index in [9.17, 15) is 4.79 Å². The number of nitrogens with two attached hydrogens (primary N) is 1. The van der Waals surface area contributed by atoms with E-state index in [1.807, 2.05) is 13.0 Å². The van der Waals surface area contributed by atoms with Crippen molar-refractivity contribution in [3.63, 3.8) is 0 Å². The van der Waals surface area contributed by atoms with Crippen molar-refractivity contribution >= 4 is 17.6 Å². The Hall–Kier alpha value is -1.98. The highest BCUT2D eigenvalue weighted by Gasteiger charge is 2.27. The first-order valence-corrected chi connectivity index (χ1v) is 5.54. The van der Waals surface area contributed by atoms with Crippen LogP contribution >= 0.6 is 0 Å². The maximum atomic E-state index is 10.9. The molecule has 0 aromatic carbocycles. The molecule has 1 amide bonds. The smallest absolute Gasteiger partial charge is 0.407 e. The number of rotatable bonds is 1. The van der Waals surface area contributed by atoms with Crippen molar-refractivity contribution in [2.45, 2.75) is 13.0 Å². The Morgan fingerprint density at radius 3 is 2.82 bits per heavy atom. The van der Waals surface area contributed by atoms with E-state index in [4.69, 9.17) is 10.8 Å². The maximum absolute atomic E-state index is 10.9. The van der Waals surface area contributed by atoms with Crippen LogP contribution in [0.15, 0.2) is 18.3 Å². The van der Waals surface area contributed by atoms with E-state index in [0.717, 1.165) is 5.82 Å². The van der Waals surface area contributed by atoms with Gasteiger partial charge in [0.2, 0.25) is 0 Å². The van der Waals surface area contributed by atoms with Crippen molar-refractivity contribution in [3.05, 3.63) is 18.3 Å². The number of nitrogens with zero attached hydrogens (tertiary/aromatic N) is 3. The largest absolute Gasteiger partial charge is 0.465 e. The van der Waals surface area contributed by atoms with Gasteiger partial charge in [0.05, 0.1) is 11.9 Å². The number of hydrogen-bond acceptors (Lipinski definition) is 4. The van der Waals surface area contributed by atoms with Crippen LogP contribution in [0.3, 0.4) is 0 Å². The first-order chi connectivity index (χ1) is 8.08. The predicted octanol–water partition coefficient (Wildman–Crippen LogP) is 0.852. The quantitative estimate of drug-likeness (QED) is 0.755. The molecular formula is C11H16N4O2. The Balaban J connectivity index is 2.06. The first-order valence-electron chi connectivity index (χ1n) is 5.54.